The molecular weight excluding hydrogens is 236 g/mol. The number of rotatable bonds is 7. The Morgan fingerprint density at radius 3 is 2.63 bits per heavy atom. The first-order valence-electron chi connectivity index (χ1n) is 8.26. The smallest absolute Gasteiger partial charge is 0.0623 e. The van der Waals surface area contributed by atoms with E-state index in [4.69, 9.17) is 0 Å². The Hall–Kier alpha value is -0.120. The van der Waals surface area contributed by atoms with E-state index >= 15 is 0 Å². The second-order valence-electron chi connectivity index (χ2n) is 7.00. The number of nitrogens with one attached hydrogen (secondary N) is 1. The normalized spacial score (nSPS) is 28.9. The van der Waals surface area contributed by atoms with Crippen molar-refractivity contribution in [1.82, 2.24) is 10.2 Å². The van der Waals surface area contributed by atoms with Crippen LogP contribution in [0.1, 0.15) is 58.8 Å². The summed E-state index contributed by atoms with van der Waals surface area (Å²) in [6.07, 6.45) is 9.36. The van der Waals surface area contributed by atoms with Crippen molar-refractivity contribution in [3.8, 4) is 0 Å². The topological polar surface area (TPSA) is 35.5 Å². The van der Waals surface area contributed by atoms with Crippen molar-refractivity contribution in [3.63, 3.8) is 0 Å². The lowest BCUT2D eigenvalue weighted by Crippen LogP contribution is -2.55. The Morgan fingerprint density at radius 2 is 2.00 bits per heavy atom. The molecule has 1 heterocycles. The standard InChI is InChI=1S/C16H32N2O/c1-3-5-14-6-4-10-18(11-9-14)12-16(2,13-19)17-15-7-8-15/h14-15,17,19H,3-13H2,1-2H3. The zero-order chi connectivity index (χ0) is 13.7. The van der Waals surface area contributed by atoms with Gasteiger partial charge in [-0.2, -0.15) is 0 Å². The molecular formula is C16H32N2O. The molecule has 0 amide bonds. The second kappa shape index (κ2) is 7.05. The maximum atomic E-state index is 9.71. The van der Waals surface area contributed by atoms with E-state index in [-0.39, 0.29) is 12.1 Å². The summed E-state index contributed by atoms with van der Waals surface area (Å²) < 4.78 is 0. The third-order valence-electron chi connectivity index (χ3n) is 4.69. The lowest BCUT2D eigenvalue weighted by Gasteiger charge is -2.35. The van der Waals surface area contributed by atoms with Crippen LogP contribution in [0.2, 0.25) is 0 Å². The van der Waals surface area contributed by atoms with Crippen molar-refractivity contribution in [2.75, 3.05) is 26.2 Å². The Morgan fingerprint density at radius 1 is 1.21 bits per heavy atom. The summed E-state index contributed by atoms with van der Waals surface area (Å²) in [5.41, 5.74) is -0.105. The molecule has 19 heavy (non-hydrogen) atoms. The van der Waals surface area contributed by atoms with Crippen LogP contribution < -0.4 is 5.32 Å². The van der Waals surface area contributed by atoms with Crippen LogP contribution in [0.4, 0.5) is 0 Å². The number of nitrogens with zero attached hydrogens (tertiary/aromatic N) is 1. The Labute approximate surface area is 118 Å². The summed E-state index contributed by atoms with van der Waals surface area (Å²) in [6.45, 7) is 8.15. The highest BCUT2D eigenvalue weighted by atomic mass is 16.3. The van der Waals surface area contributed by atoms with Gasteiger partial charge in [0.05, 0.1) is 12.1 Å². The predicted molar refractivity (Wildman–Crippen MR) is 80.3 cm³/mol. The summed E-state index contributed by atoms with van der Waals surface area (Å²) in [7, 11) is 0. The fraction of sp³-hybridized carbons (Fsp3) is 1.00. The van der Waals surface area contributed by atoms with Crippen molar-refractivity contribution in [3.05, 3.63) is 0 Å². The van der Waals surface area contributed by atoms with Gasteiger partial charge in [0.25, 0.3) is 0 Å². The van der Waals surface area contributed by atoms with Gasteiger partial charge in [0.1, 0.15) is 0 Å². The largest absolute Gasteiger partial charge is 0.394 e. The van der Waals surface area contributed by atoms with Gasteiger partial charge in [0, 0.05) is 12.6 Å². The first kappa shape index (κ1) is 15.3. The minimum absolute atomic E-state index is 0.105. The van der Waals surface area contributed by atoms with Gasteiger partial charge < -0.3 is 15.3 Å². The zero-order valence-electron chi connectivity index (χ0n) is 12.8. The van der Waals surface area contributed by atoms with Crippen molar-refractivity contribution < 1.29 is 5.11 Å². The van der Waals surface area contributed by atoms with Crippen molar-refractivity contribution >= 4 is 0 Å². The Balaban J connectivity index is 1.80. The van der Waals surface area contributed by atoms with E-state index in [2.05, 4.69) is 24.1 Å². The fourth-order valence-electron chi connectivity index (χ4n) is 3.44. The molecule has 2 N–H and O–H groups in total. The van der Waals surface area contributed by atoms with Crippen LogP contribution in [0.3, 0.4) is 0 Å². The molecule has 0 aromatic carbocycles. The van der Waals surface area contributed by atoms with Crippen molar-refractivity contribution in [2.45, 2.75) is 70.4 Å². The molecule has 0 aromatic heterocycles. The molecule has 2 atom stereocenters. The first-order chi connectivity index (χ1) is 9.15. The predicted octanol–water partition coefficient (Wildman–Crippen LogP) is 2.39. The van der Waals surface area contributed by atoms with Crippen LogP contribution in [0.25, 0.3) is 0 Å². The van der Waals surface area contributed by atoms with E-state index in [1.807, 2.05) is 0 Å². The first-order valence-corrected chi connectivity index (χ1v) is 8.26. The highest BCUT2D eigenvalue weighted by Crippen LogP contribution is 2.25. The van der Waals surface area contributed by atoms with Crippen LogP contribution in [-0.2, 0) is 0 Å². The molecule has 1 saturated heterocycles. The van der Waals surface area contributed by atoms with Gasteiger partial charge in [0.2, 0.25) is 0 Å². The third kappa shape index (κ3) is 5.05. The van der Waals surface area contributed by atoms with Crippen LogP contribution >= 0.6 is 0 Å². The Kier molecular flexibility index (Phi) is 5.67. The van der Waals surface area contributed by atoms with Gasteiger partial charge >= 0.3 is 0 Å². The molecule has 112 valence electrons. The quantitative estimate of drug-likeness (QED) is 0.744. The fourth-order valence-corrected chi connectivity index (χ4v) is 3.44. The molecule has 1 aliphatic carbocycles. The van der Waals surface area contributed by atoms with Gasteiger partial charge in [-0.25, -0.2) is 0 Å². The van der Waals surface area contributed by atoms with E-state index in [9.17, 15) is 5.11 Å². The maximum absolute atomic E-state index is 9.71. The molecule has 1 aliphatic heterocycles. The molecule has 2 rings (SSSR count). The SMILES string of the molecule is CCCC1CCCN(CC(C)(CO)NC2CC2)CC1. The summed E-state index contributed by atoms with van der Waals surface area (Å²) in [6, 6.07) is 0.664. The summed E-state index contributed by atoms with van der Waals surface area (Å²) in [5.74, 6) is 0.937. The zero-order valence-corrected chi connectivity index (χ0v) is 12.8. The number of aliphatic hydroxyl groups is 1. The molecule has 3 nitrogen and oxygen atoms in total. The van der Waals surface area contributed by atoms with Gasteiger partial charge in [-0.1, -0.05) is 19.8 Å². The van der Waals surface area contributed by atoms with Crippen LogP contribution in [0.15, 0.2) is 0 Å². The molecule has 0 bridgehead atoms. The number of hydrogen-bond donors (Lipinski definition) is 2. The van der Waals surface area contributed by atoms with Crippen LogP contribution in [0.5, 0.6) is 0 Å². The molecule has 0 radical (unpaired) electrons. The van der Waals surface area contributed by atoms with Crippen LogP contribution in [0, 0.1) is 5.92 Å². The van der Waals surface area contributed by atoms with Crippen molar-refractivity contribution in [2.24, 2.45) is 5.92 Å². The summed E-state index contributed by atoms with van der Waals surface area (Å²) >= 11 is 0. The number of likely N-dealkylation sites (tertiary alicyclic amines) is 1. The molecule has 2 fully saturated rings. The third-order valence-corrected chi connectivity index (χ3v) is 4.69. The molecule has 2 unspecified atom stereocenters. The summed E-state index contributed by atoms with van der Waals surface area (Å²) in [4.78, 5) is 2.57. The molecule has 3 heteroatoms. The molecule has 0 aromatic rings. The van der Waals surface area contributed by atoms with E-state index in [0.717, 1.165) is 12.5 Å². The minimum atomic E-state index is -0.105. The lowest BCUT2D eigenvalue weighted by molar-refractivity contribution is 0.119. The summed E-state index contributed by atoms with van der Waals surface area (Å²) in [5, 5.41) is 13.3. The number of hydrogen-bond acceptors (Lipinski definition) is 3. The number of aliphatic hydroxyl groups excluding tert-OH is 1. The van der Waals surface area contributed by atoms with Crippen LogP contribution in [-0.4, -0.2) is 47.8 Å². The van der Waals surface area contributed by atoms with E-state index in [1.54, 1.807) is 0 Å². The van der Waals surface area contributed by atoms with E-state index in [1.165, 1.54) is 58.0 Å². The Bertz CT molecular complexity index is 267. The monoisotopic (exact) mass is 268 g/mol. The highest BCUT2D eigenvalue weighted by Gasteiger charge is 2.33. The van der Waals surface area contributed by atoms with E-state index in [0.29, 0.717) is 6.04 Å². The van der Waals surface area contributed by atoms with Gasteiger partial charge in [0.15, 0.2) is 0 Å². The van der Waals surface area contributed by atoms with E-state index < -0.39 is 0 Å². The average Bonchev–Trinajstić information content (AvgIpc) is 3.19. The lowest BCUT2D eigenvalue weighted by atomic mass is 9.96. The van der Waals surface area contributed by atoms with Gasteiger partial charge in [-0.05, 0) is 58.0 Å². The minimum Gasteiger partial charge on any atom is -0.394 e. The maximum Gasteiger partial charge on any atom is 0.0623 e. The van der Waals surface area contributed by atoms with Gasteiger partial charge in [-0.3, -0.25) is 0 Å². The average molecular weight is 268 g/mol. The second-order valence-corrected chi connectivity index (χ2v) is 7.00. The molecule has 1 saturated carbocycles. The van der Waals surface area contributed by atoms with Crippen molar-refractivity contribution in [1.29, 1.82) is 0 Å². The highest BCUT2D eigenvalue weighted by molar-refractivity contribution is 4.94. The molecule has 0 spiro atoms. The van der Waals surface area contributed by atoms with Gasteiger partial charge in [-0.15, -0.1) is 0 Å². The molecule has 2 aliphatic rings.